The molecule has 1 aliphatic rings. The molecular formula is C19H20ClF4N5O2. The second-order valence-electron chi connectivity index (χ2n) is 8.36. The van der Waals surface area contributed by atoms with Gasteiger partial charge in [0, 0.05) is 5.56 Å². The van der Waals surface area contributed by atoms with Gasteiger partial charge in [0.2, 0.25) is 0 Å². The fourth-order valence-electron chi connectivity index (χ4n) is 3.91. The Bertz CT molecular complexity index is 1060. The Morgan fingerprint density at radius 2 is 1.81 bits per heavy atom. The van der Waals surface area contributed by atoms with Crippen LogP contribution in [0.5, 0.6) is 0 Å². The van der Waals surface area contributed by atoms with Gasteiger partial charge in [0.15, 0.2) is 0 Å². The van der Waals surface area contributed by atoms with Gasteiger partial charge in [0.1, 0.15) is 17.6 Å². The van der Waals surface area contributed by atoms with Gasteiger partial charge in [-0.05, 0) is 23.6 Å². The Balaban J connectivity index is 2.37. The van der Waals surface area contributed by atoms with Gasteiger partial charge in [-0.15, -0.1) is 0 Å². The number of alkyl halides is 3. The number of amides is 3. The lowest BCUT2D eigenvalue weighted by Crippen LogP contribution is -2.60. The van der Waals surface area contributed by atoms with Crippen molar-refractivity contribution in [1.29, 1.82) is 0 Å². The van der Waals surface area contributed by atoms with E-state index >= 15 is 0 Å². The molecule has 1 aromatic heterocycles. The van der Waals surface area contributed by atoms with Gasteiger partial charge < -0.3 is 16.4 Å². The van der Waals surface area contributed by atoms with E-state index in [2.05, 4.69) is 5.10 Å². The number of nitrogens with two attached hydrogens (primary N) is 2. The number of hydrogen-bond acceptors (Lipinski definition) is 3. The highest BCUT2D eigenvalue weighted by Gasteiger charge is 2.55. The molecule has 2 heterocycles. The number of carbonyl (C=O) groups is 2. The number of carbonyl (C=O) groups excluding carboxylic acids is 2. The SMILES string of the molecule is CC(C)(C)C1c2c(C(N)=O)c(-c3ccc(F)c(Cl)c3)nn2CC(C(F)(F)F)N1C(N)=O. The lowest BCUT2D eigenvalue weighted by molar-refractivity contribution is -0.194. The van der Waals surface area contributed by atoms with E-state index in [9.17, 15) is 27.2 Å². The molecule has 2 atom stereocenters. The molecule has 12 heteroatoms. The largest absolute Gasteiger partial charge is 0.410 e. The lowest BCUT2D eigenvalue weighted by Gasteiger charge is -2.47. The van der Waals surface area contributed by atoms with Crippen molar-refractivity contribution in [3.8, 4) is 11.3 Å². The highest BCUT2D eigenvalue weighted by atomic mass is 35.5. The summed E-state index contributed by atoms with van der Waals surface area (Å²) in [6, 6.07) is -1.33. The first-order valence-corrected chi connectivity index (χ1v) is 9.52. The van der Waals surface area contributed by atoms with E-state index in [0.29, 0.717) is 4.90 Å². The van der Waals surface area contributed by atoms with Crippen molar-refractivity contribution in [2.45, 2.75) is 45.6 Å². The van der Waals surface area contributed by atoms with Crippen molar-refractivity contribution < 1.29 is 27.2 Å². The van der Waals surface area contributed by atoms with E-state index in [1.54, 1.807) is 20.8 Å². The van der Waals surface area contributed by atoms with E-state index in [4.69, 9.17) is 23.1 Å². The zero-order valence-corrected chi connectivity index (χ0v) is 17.6. The molecular weight excluding hydrogens is 442 g/mol. The number of primary amides is 2. The third-order valence-electron chi connectivity index (χ3n) is 5.10. The molecule has 2 aromatic rings. The summed E-state index contributed by atoms with van der Waals surface area (Å²) >= 11 is 5.83. The van der Waals surface area contributed by atoms with Crippen LogP contribution in [0.15, 0.2) is 18.2 Å². The third-order valence-corrected chi connectivity index (χ3v) is 5.39. The minimum atomic E-state index is -4.81. The number of benzene rings is 1. The fourth-order valence-corrected chi connectivity index (χ4v) is 4.09. The molecule has 31 heavy (non-hydrogen) atoms. The van der Waals surface area contributed by atoms with E-state index < -0.39 is 48.0 Å². The number of rotatable bonds is 2. The summed E-state index contributed by atoms with van der Waals surface area (Å²) in [4.78, 5) is 25.1. The maximum atomic E-state index is 13.9. The summed E-state index contributed by atoms with van der Waals surface area (Å²) in [5, 5.41) is 3.92. The first-order chi connectivity index (χ1) is 14.1. The van der Waals surface area contributed by atoms with Crippen LogP contribution in [0.25, 0.3) is 11.3 Å². The van der Waals surface area contributed by atoms with Crippen LogP contribution in [0.4, 0.5) is 22.4 Å². The van der Waals surface area contributed by atoms with Crippen molar-refractivity contribution in [2.75, 3.05) is 0 Å². The Kier molecular flexibility index (Phi) is 5.45. The number of hydrogen-bond donors (Lipinski definition) is 2. The van der Waals surface area contributed by atoms with Crippen molar-refractivity contribution in [3.63, 3.8) is 0 Å². The zero-order valence-electron chi connectivity index (χ0n) is 16.8. The van der Waals surface area contributed by atoms with Crippen LogP contribution in [0.1, 0.15) is 42.9 Å². The van der Waals surface area contributed by atoms with E-state index in [1.165, 1.54) is 12.1 Å². The zero-order chi connectivity index (χ0) is 23.5. The van der Waals surface area contributed by atoms with Crippen LogP contribution in [0.2, 0.25) is 5.02 Å². The average Bonchev–Trinajstić information content (AvgIpc) is 2.99. The van der Waals surface area contributed by atoms with Gasteiger partial charge in [-0.3, -0.25) is 9.48 Å². The lowest BCUT2D eigenvalue weighted by atomic mass is 9.80. The van der Waals surface area contributed by atoms with E-state index in [0.717, 1.165) is 10.7 Å². The molecule has 3 amide bonds. The number of urea groups is 1. The van der Waals surface area contributed by atoms with Crippen LogP contribution in [0.3, 0.4) is 0 Å². The third kappa shape index (κ3) is 3.93. The second kappa shape index (κ2) is 7.40. The van der Waals surface area contributed by atoms with Gasteiger partial charge in [0.25, 0.3) is 5.91 Å². The molecule has 4 N–H and O–H groups in total. The molecule has 0 bridgehead atoms. The Hall–Kier alpha value is -2.82. The predicted octanol–water partition coefficient (Wildman–Crippen LogP) is 3.85. The summed E-state index contributed by atoms with van der Waals surface area (Å²) in [5.74, 6) is -1.69. The van der Waals surface area contributed by atoms with Crippen molar-refractivity contribution >= 4 is 23.5 Å². The molecule has 0 saturated carbocycles. The minimum absolute atomic E-state index is 0.0229. The number of halogens is 5. The van der Waals surface area contributed by atoms with Crippen LogP contribution >= 0.6 is 11.6 Å². The summed E-state index contributed by atoms with van der Waals surface area (Å²) in [7, 11) is 0. The molecule has 0 aliphatic carbocycles. The average molecular weight is 462 g/mol. The van der Waals surface area contributed by atoms with Crippen LogP contribution in [-0.4, -0.2) is 38.8 Å². The molecule has 0 saturated heterocycles. The number of fused-ring (bicyclic) bond motifs is 1. The Labute approximate surface area is 179 Å². The molecule has 168 valence electrons. The van der Waals surface area contributed by atoms with Gasteiger partial charge in [-0.1, -0.05) is 32.4 Å². The van der Waals surface area contributed by atoms with E-state index in [1.807, 2.05) is 0 Å². The van der Waals surface area contributed by atoms with Crippen LogP contribution < -0.4 is 11.5 Å². The maximum Gasteiger partial charge on any atom is 0.410 e. The van der Waals surface area contributed by atoms with Gasteiger partial charge in [-0.2, -0.15) is 18.3 Å². The molecule has 2 unspecified atom stereocenters. The monoisotopic (exact) mass is 461 g/mol. The van der Waals surface area contributed by atoms with Crippen molar-refractivity contribution in [2.24, 2.45) is 16.9 Å². The smallest absolute Gasteiger partial charge is 0.365 e. The second-order valence-corrected chi connectivity index (χ2v) is 8.76. The first kappa shape index (κ1) is 22.9. The molecule has 1 aromatic carbocycles. The summed E-state index contributed by atoms with van der Waals surface area (Å²) in [6.45, 7) is 4.01. The summed E-state index contributed by atoms with van der Waals surface area (Å²) in [5.41, 5.74) is 9.91. The molecule has 3 rings (SSSR count). The molecule has 7 nitrogen and oxygen atoms in total. The number of aromatic nitrogens is 2. The fraction of sp³-hybridized carbons (Fsp3) is 0.421. The minimum Gasteiger partial charge on any atom is -0.365 e. The molecule has 0 spiro atoms. The highest BCUT2D eigenvalue weighted by molar-refractivity contribution is 6.31. The van der Waals surface area contributed by atoms with E-state index in [-0.39, 0.29) is 27.5 Å². The molecule has 0 radical (unpaired) electrons. The summed E-state index contributed by atoms with van der Waals surface area (Å²) in [6.07, 6.45) is -4.81. The van der Waals surface area contributed by atoms with Gasteiger partial charge in [-0.25, -0.2) is 9.18 Å². The molecule has 0 fully saturated rings. The molecule has 1 aliphatic heterocycles. The maximum absolute atomic E-state index is 13.9. The van der Waals surface area contributed by atoms with Crippen molar-refractivity contribution in [3.05, 3.63) is 40.3 Å². The number of nitrogens with zero attached hydrogens (tertiary/aromatic N) is 3. The normalized spacial score (nSPS) is 19.3. The Morgan fingerprint density at radius 3 is 2.26 bits per heavy atom. The quantitative estimate of drug-likeness (QED) is 0.663. The van der Waals surface area contributed by atoms with Crippen LogP contribution in [-0.2, 0) is 6.54 Å². The topological polar surface area (TPSA) is 107 Å². The highest BCUT2D eigenvalue weighted by Crippen LogP contribution is 2.47. The standard InChI is InChI=1S/C19H20ClF4N5O2/c1-18(2,3)15-14-12(16(25)30)13(8-4-5-10(21)9(20)6-8)27-28(14)7-11(19(22,23)24)29(15)17(26)31/h4-6,11,15H,7H2,1-3H3,(H2,25,30)(H2,26,31). The van der Waals surface area contributed by atoms with Crippen molar-refractivity contribution in [1.82, 2.24) is 14.7 Å². The Morgan fingerprint density at radius 1 is 1.19 bits per heavy atom. The van der Waals surface area contributed by atoms with Crippen LogP contribution in [0, 0.1) is 11.2 Å². The summed E-state index contributed by atoms with van der Waals surface area (Å²) < 4.78 is 56.2. The van der Waals surface area contributed by atoms with Gasteiger partial charge >= 0.3 is 12.2 Å². The van der Waals surface area contributed by atoms with Gasteiger partial charge in [0.05, 0.1) is 28.9 Å². The predicted molar refractivity (Wildman–Crippen MR) is 105 cm³/mol. The first-order valence-electron chi connectivity index (χ1n) is 9.15.